The fraction of sp³-hybridized carbons (Fsp3) is 0.929. The van der Waals surface area contributed by atoms with Crippen molar-refractivity contribution in [3.05, 3.63) is 0 Å². The Labute approximate surface area is 106 Å². The average molecular weight is 240 g/mol. The van der Waals surface area contributed by atoms with Crippen LogP contribution in [0.1, 0.15) is 54.4 Å². The number of amides is 1. The number of piperidine rings is 1. The highest BCUT2D eigenvalue weighted by Crippen LogP contribution is 2.38. The maximum absolute atomic E-state index is 11.7. The second-order valence-corrected chi connectivity index (χ2v) is 6.55. The summed E-state index contributed by atoms with van der Waals surface area (Å²) in [5.41, 5.74) is 0.296. The molecule has 1 heterocycles. The van der Waals surface area contributed by atoms with Crippen LogP contribution in [0.15, 0.2) is 0 Å². The van der Waals surface area contributed by atoms with E-state index < -0.39 is 0 Å². The summed E-state index contributed by atoms with van der Waals surface area (Å²) in [5.74, 6) is 0.202. The first-order chi connectivity index (χ1) is 7.62. The van der Waals surface area contributed by atoms with Gasteiger partial charge in [-0.1, -0.05) is 0 Å². The molecule has 0 spiro atoms. The Balaban J connectivity index is 2.95. The summed E-state index contributed by atoms with van der Waals surface area (Å²) >= 11 is 0. The monoisotopic (exact) mass is 240 g/mol. The molecule has 1 fully saturated rings. The fourth-order valence-corrected chi connectivity index (χ4v) is 3.28. The Hall–Kier alpha value is -0.570. The second kappa shape index (κ2) is 4.60. The topological polar surface area (TPSA) is 23.6 Å². The third-order valence-corrected chi connectivity index (χ3v) is 4.47. The minimum atomic E-state index is 0.148. The molecule has 0 radical (unpaired) electrons. The molecule has 0 atom stereocenters. The summed E-state index contributed by atoms with van der Waals surface area (Å²) in [5, 5.41) is 0. The third-order valence-electron chi connectivity index (χ3n) is 4.47. The summed E-state index contributed by atoms with van der Waals surface area (Å²) in [6, 6.07) is 0.374. The molecule has 17 heavy (non-hydrogen) atoms. The van der Waals surface area contributed by atoms with Crippen LogP contribution < -0.4 is 0 Å². The first-order valence-electron chi connectivity index (χ1n) is 6.63. The minimum Gasteiger partial charge on any atom is -0.340 e. The maximum atomic E-state index is 11.7. The fourth-order valence-electron chi connectivity index (χ4n) is 3.28. The van der Waals surface area contributed by atoms with Gasteiger partial charge in [0.1, 0.15) is 0 Å². The van der Waals surface area contributed by atoms with E-state index in [2.05, 4.69) is 46.6 Å². The van der Waals surface area contributed by atoms with Crippen LogP contribution in [0.2, 0.25) is 0 Å². The summed E-state index contributed by atoms with van der Waals surface area (Å²) in [7, 11) is 2.19. The van der Waals surface area contributed by atoms with E-state index in [0.717, 1.165) is 19.4 Å². The van der Waals surface area contributed by atoms with Gasteiger partial charge in [0.25, 0.3) is 0 Å². The SMILES string of the molecule is CCN(C(C)=O)C1CC(C)(C)N(C)C(C)(C)C1. The second-order valence-electron chi connectivity index (χ2n) is 6.55. The van der Waals surface area contributed by atoms with E-state index in [9.17, 15) is 4.79 Å². The van der Waals surface area contributed by atoms with Crippen molar-refractivity contribution in [2.45, 2.75) is 71.5 Å². The number of rotatable bonds is 2. The smallest absolute Gasteiger partial charge is 0.219 e. The molecule has 1 aliphatic rings. The van der Waals surface area contributed by atoms with Crippen molar-refractivity contribution in [3.8, 4) is 0 Å². The Morgan fingerprint density at radius 3 is 1.94 bits per heavy atom. The first-order valence-corrected chi connectivity index (χ1v) is 6.63. The highest BCUT2D eigenvalue weighted by Gasteiger charge is 2.44. The van der Waals surface area contributed by atoms with Crippen molar-refractivity contribution in [1.29, 1.82) is 0 Å². The zero-order chi connectivity index (χ0) is 13.4. The van der Waals surface area contributed by atoms with E-state index in [1.807, 2.05) is 4.90 Å². The normalized spacial score (nSPS) is 24.6. The van der Waals surface area contributed by atoms with Crippen LogP contribution in [0.4, 0.5) is 0 Å². The molecule has 0 aliphatic carbocycles. The molecule has 0 bridgehead atoms. The molecule has 0 aromatic rings. The van der Waals surface area contributed by atoms with Gasteiger partial charge in [-0.15, -0.1) is 0 Å². The van der Waals surface area contributed by atoms with Crippen LogP contribution in [0.5, 0.6) is 0 Å². The van der Waals surface area contributed by atoms with Crippen LogP contribution >= 0.6 is 0 Å². The molecule has 0 saturated carbocycles. The van der Waals surface area contributed by atoms with Crippen LogP contribution in [-0.2, 0) is 4.79 Å². The van der Waals surface area contributed by atoms with E-state index in [1.54, 1.807) is 6.92 Å². The third kappa shape index (κ3) is 2.82. The molecule has 0 aromatic heterocycles. The molecular weight excluding hydrogens is 212 g/mol. The molecule has 0 N–H and O–H groups in total. The number of hydrogen-bond donors (Lipinski definition) is 0. The van der Waals surface area contributed by atoms with Crippen molar-refractivity contribution in [2.24, 2.45) is 0 Å². The highest BCUT2D eigenvalue weighted by molar-refractivity contribution is 5.73. The van der Waals surface area contributed by atoms with Crippen LogP contribution in [0, 0.1) is 0 Å². The number of carbonyl (C=O) groups excluding carboxylic acids is 1. The Bertz CT molecular complexity index is 279. The molecule has 3 heteroatoms. The van der Waals surface area contributed by atoms with Gasteiger partial charge in [-0.25, -0.2) is 0 Å². The molecule has 100 valence electrons. The van der Waals surface area contributed by atoms with Crippen molar-refractivity contribution in [2.75, 3.05) is 13.6 Å². The standard InChI is InChI=1S/C14H28N2O/c1-8-16(11(2)17)12-9-13(3,4)15(7)14(5,6)10-12/h12H,8-10H2,1-7H3. The van der Waals surface area contributed by atoms with Gasteiger partial charge in [0.15, 0.2) is 0 Å². The molecule has 1 rings (SSSR count). The number of nitrogens with zero attached hydrogens (tertiary/aromatic N) is 2. The molecular formula is C14H28N2O. The van der Waals surface area contributed by atoms with Crippen LogP contribution in [0.25, 0.3) is 0 Å². The van der Waals surface area contributed by atoms with Crippen molar-refractivity contribution < 1.29 is 4.79 Å². The van der Waals surface area contributed by atoms with E-state index >= 15 is 0 Å². The lowest BCUT2D eigenvalue weighted by atomic mass is 9.77. The average Bonchev–Trinajstić information content (AvgIpc) is 2.13. The lowest BCUT2D eigenvalue weighted by molar-refractivity contribution is -0.135. The van der Waals surface area contributed by atoms with Crippen LogP contribution in [0.3, 0.4) is 0 Å². The number of hydrogen-bond acceptors (Lipinski definition) is 2. The first kappa shape index (κ1) is 14.5. The predicted molar refractivity (Wildman–Crippen MR) is 72.0 cm³/mol. The lowest BCUT2D eigenvalue weighted by Crippen LogP contribution is -2.63. The van der Waals surface area contributed by atoms with Crippen molar-refractivity contribution >= 4 is 5.91 Å². The van der Waals surface area contributed by atoms with E-state index in [4.69, 9.17) is 0 Å². The molecule has 1 aliphatic heterocycles. The Morgan fingerprint density at radius 1 is 1.24 bits per heavy atom. The van der Waals surface area contributed by atoms with Gasteiger partial charge >= 0.3 is 0 Å². The minimum absolute atomic E-state index is 0.148. The van der Waals surface area contributed by atoms with Crippen molar-refractivity contribution in [1.82, 2.24) is 9.80 Å². The molecule has 0 unspecified atom stereocenters. The van der Waals surface area contributed by atoms with Gasteiger partial charge in [-0.3, -0.25) is 9.69 Å². The molecule has 1 amide bonds. The van der Waals surface area contributed by atoms with Gasteiger partial charge < -0.3 is 4.90 Å². The van der Waals surface area contributed by atoms with E-state index in [-0.39, 0.29) is 17.0 Å². The van der Waals surface area contributed by atoms with Crippen LogP contribution in [-0.4, -0.2) is 46.4 Å². The highest BCUT2D eigenvalue weighted by atomic mass is 16.2. The zero-order valence-electron chi connectivity index (χ0n) is 12.5. The number of carbonyl (C=O) groups is 1. The molecule has 3 nitrogen and oxygen atoms in total. The Kier molecular flexibility index (Phi) is 3.92. The van der Waals surface area contributed by atoms with Gasteiger partial charge in [-0.2, -0.15) is 0 Å². The van der Waals surface area contributed by atoms with Crippen molar-refractivity contribution in [3.63, 3.8) is 0 Å². The maximum Gasteiger partial charge on any atom is 0.219 e. The van der Waals surface area contributed by atoms with Gasteiger partial charge in [0.2, 0.25) is 5.91 Å². The zero-order valence-corrected chi connectivity index (χ0v) is 12.5. The lowest BCUT2D eigenvalue weighted by Gasteiger charge is -2.55. The van der Waals surface area contributed by atoms with Gasteiger partial charge in [0.05, 0.1) is 0 Å². The van der Waals surface area contributed by atoms with Gasteiger partial charge in [0, 0.05) is 30.6 Å². The largest absolute Gasteiger partial charge is 0.340 e. The van der Waals surface area contributed by atoms with Gasteiger partial charge in [-0.05, 0) is 54.5 Å². The quantitative estimate of drug-likeness (QED) is 0.740. The summed E-state index contributed by atoms with van der Waals surface area (Å²) < 4.78 is 0. The predicted octanol–water partition coefficient (Wildman–Crippen LogP) is 2.51. The summed E-state index contributed by atoms with van der Waals surface area (Å²) in [4.78, 5) is 16.2. The summed E-state index contributed by atoms with van der Waals surface area (Å²) in [6.45, 7) is 13.7. The number of likely N-dealkylation sites (tertiary alicyclic amines) is 1. The van der Waals surface area contributed by atoms with E-state index in [1.165, 1.54) is 0 Å². The Morgan fingerprint density at radius 2 is 1.65 bits per heavy atom. The molecule has 1 saturated heterocycles. The molecule has 0 aromatic carbocycles. The summed E-state index contributed by atoms with van der Waals surface area (Å²) in [6.07, 6.45) is 2.11. The van der Waals surface area contributed by atoms with E-state index in [0.29, 0.717) is 6.04 Å².